The lowest BCUT2D eigenvalue weighted by Crippen LogP contribution is -2.00. The van der Waals surface area contributed by atoms with Crippen LogP contribution in [0.3, 0.4) is 0 Å². The summed E-state index contributed by atoms with van der Waals surface area (Å²) in [6.07, 6.45) is 0. The number of azide groups is 1. The second-order valence-electron chi connectivity index (χ2n) is 2.30. The van der Waals surface area contributed by atoms with Gasteiger partial charge in [-0.3, -0.25) is 4.98 Å². The maximum absolute atomic E-state index is 10.5. The Bertz CT molecular complexity index is 395. The van der Waals surface area contributed by atoms with Crippen LogP contribution in [0, 0.1) is 6.92 Å². The van der Waals surface area contributed by atoms with Gasteiger partial charge in [0.05, 0.1) is 11.3 Å². The van der Waals surface area contributed by atoms with Crippen LogP contribution in [0.4, 0.5) is 5.82 Å². The lowest BCUT2D eigenvalue weighted by molar-refractivity contribution is 0.0695. The maximum atomic E-state index is 10.5. The van der Waals surface area contributed by atoms with E-state index >= 15 is 0 Å². The molecule has 1 aromatic heterocycles. The van der Waals surface area contributed by atoms with Crippen molar-refractivity contribution in [2.24, 2.45) is 5.11 Å². The Morgan fingerprint density at radius 1 is 1.69 bits per heavy atom. The van der Waals surface area contributed by atoms with Gasteiger partial charge in [-0.1, -0.05) is 0 Å². The van der Waals surface area contributed by atoms with Crippen LogP contribution in [0.15, 0.2) is 17.2 Å². The molecule has 0 unspecified atom stereocenters. The first-order valence-electron chi connectivity index (χ1n) is 3.41. The summed E-state index contributed by atoms with van der Waals surface area (Å²) < 4.78 is 0. The van der Waals surface area contributed by atoms with Gasteiger partial charge in [0.2, 0.25) is 0 Å². The highest BCUT2D eigenvalue weighted by Gasteiger charge is 2.07. The van der Waals surface area contributed by atoms with Crippen molar-refractivity contribution in [1.29, 1.82) is 0 Å². The maximum Gasteiger partial charge on any atom is 0.337 e. The van der Waals surface area contributed by atoms with E-state index in [1.54, 1.807) is 6.92 Å². The minimum atomic E-state index is -1.04. The summed E-state index contributed by atoms with van der Waals surface area (Å²) in [5.74, 6) is -0.873. The third-order valence-electron chi connectivity index (χ3n) is 1.45. The molecule has 0 atom stereocenters. The van der Waals surface area contributed by atoms with Crippen LogP contribution in [-0.4, -0.2) is 16.1 Å². The summed E-state index contributed by atoms with van der Waals surface area (Å²) in [4.78, 5) is 16.9. The van der Waals surface area contributed by atoms with Crippen molar-refractivity contribution in [2.75, 3.05) is 0 Å². The van der Waals surface area contributed by atoms with Crippen LogP contribution in [0.5, 0.6) is 0 Å². The minimum Gasteiger partial charge on any atom is -0.478 e. The van der Waals surface area contributed by atoms with Crippen LogP contribution in [0.25, 0.3) is 10.4 Å². The molecule has 13 heavy (non-hydrogen) atoms. The molecule has 6 heteroatoms. The number of hydrogen-bond acceptors (Lipinski definition) is 3. The normalized spacial score (nSPS) is 9.00. The van der Waals surface area contributed by atoms with Crippen LogP contribution >= 0.6 is 0 Å². The van der Waals surface area contributed by atoms with E-state index in [1.807, 2.05) is 0 Å². The van der Waals surface area contributed by atoms with Crippen molar-refractivity contribution in [1.82, 2.24) is 4.98 Å². The van der Waals surface area contributed by atoms with Gasteiger partial charge in [-0.25, -0.2) is 4.79 Å². The first kappa shape index (κ1) is 9.02. The molecule has 1 rings (SSSR count). The van der Waals surface area contributed by atoms with Crippen molar-refractivity contribution >= 4 is 11.8 Å². The molecule has 0 aromatic carbocycles. The molecule has 0 radical (unpaired) electrons. The summed E-state index contributed by atoms with van der Waals surface area (Å²) in [5, 5.41) is 11.9. The van der Waals surface area contributed by atoms with Gasteiger partial charge in [-0.05, 0) is 29.7 Å². The van der Waals surface area contributed by atoms with Crippen LogP contribution in [-0.2, 0) is 0 Å². The van der Waals surface area contributed by atoms with E-state index in [-0.39, 0.29) is 11.4 Å². The molecule has 66 valence electrons. The van der Waals surface area contributed by atoms with Gasteiger partial charge < -0.3 is 5.11 Å². The molecule has 0 bridgehead atoms. The highest BCUT2D eigenvalue weighted by molar-refractivity contribution is 5.88. The Morgan fingerprint density at radius 3 is 2.85 bits per heavy atom. The first-order chi connectivity index (χ1) is 6.15. The Hall–Kier alpha value is -2.07. The molecule has 0 spiro atoms. The molecule has 0 saturated heterocycles. The van der Waals surface area contributed by atoms with Gasteiger partial charge in [0.1, 0.15) is 5.82 Å². The summed E-state index contributed by atoms with van der Waals surface area (Å²) in [5.41, 5.74) is 8.53. The molecule has 0 fully saturated rings. The zero-order valence-corrected chi connectivity index (χ0v) is 6.80. The van der Waals surface area contributed by atoms with E-state index in [4.69, 9.17) is 10.6 Å². The number of hydrogen-bond donors (Lipinski definition) is 1. The number of aromatic nitrogens is 1. The average molecular weight is 178 g/mol. The fourth-order valence-corrected chi connectivity index (χ4v) is 0.875. The molecule has 0 saturated carbocycles. The third kappa shape index (κ3) is 1.94. The SMILES string of the molecule is Cc1nc(N=[N+]=[N-])ccc1C(=O)O. The second kappa shape index (κ2) is 3.55. The van der Waals surface area contributed by atoms with Crippen molar-refractivity contribution in [3.63, 3.8) is 0 Å². The predicted octanol–water partition coefficient (Wildman–Crippen LogP) is 2.03. The minimum absolute atomic E-state index is 0.108. The largest absolute Gasteiger partial charge is 0.478 e. The Labute approximate surface area is 73.5 Å². The second-order valence-corrected chi connectivity index (χ2v) is 2.30. The van der Waals surface area contributed by atoms with Gasteiger partial charge in [0, 0.05) is 4.91 Å². The summed E-state index contributed by atoms with van der Waals surface area (Å²) in [6.45, 7) is 1.54. The molecule has 1 heterocycles. The summed E-state index contributed by atoms with van der Waals surface area (Å²) in [6, 6.07) is 2.71. The van der Waals surface area contributed by atoms with Crippen LogP contribution < -0.4 is 0 Å². The number of carboxylic acids is 1. The Morgan fingerprint density at radius 2 is 2.38 bits per heavy atom. The molecule has 1 N–H and O–H groups in total. The smallest absolute Gasteiger partial charge is 0.337 e. The molecular weight excluding hydrogens is 172 g/mol. The zero-order valence-electron chi connectivity index (χ0n) is 6.80. The third-order valence-corrected chi connectivity index (χ3v) is 1.45. The number of aryl methyl sites for hydroxylation is 1. The Kier molecular flexibility index (Phi) is 2.47. The monoisotopic (exact) mass is 178 g/mol. The van der Waals surface area contributed by atoms with Crippen molar-refractivity contribution < 1.29 is 9.90 Å². The standard InChI is InChI=1S/C7H6N4O2/c1-4-5(7(12)13)2-3-6(9-4)10-11-8/h2-3H,1H3,(H,12,13). The predicted molar refractivity (Wildman–Crippen MR) is 44.7 cm³/mol. The van der Waals surface area contributed by atoms with E-state index in [9.17, 15) is 4.79 Å². The lowest BCUT2D eigenvalue weighted by atomic mass is 10.2. The quantitative estimate of drug-likeness (QED) is 0.426. The average Bonchev–Trinajstić information content (AvgIpc) is 2.04. The number of rotatable bonds is 2. The van der Waals surface area contributed by atoms with Gasteiger partial charge in [-0.2, -0.15) is 0 Å². The highest BCUT2D eigenvalue weighted by Crippen LogP contribution is 2.12. The number of carboxylic acid groups (broad SMARTS) is 1. The fourth-order valence-electron chi connectivity index (χ4n) is 0.875. The van der Waals surface area contributed by atoms with E-state index in [0.717, 1.165) is 0 Å². The van der Waals surface area contributed by atoms with E-state index in [0.29, 0.717) is 5.69 Å². The zero-order chi connectivity index (χ0) is 9.84. The molecule has 1 aromatic rings. The number of pyridine rings is 1. The van der Waals surface area contributed by atoms with Crippen molar-refractivity contribution in [2.45, 2.75) is 6.92 Å². The fraction of sp³-hybridized carbons (Fsp3) is 0.143. The number of aromatic carboxylic acids is 1. The molecule has 0 aliphatic carbocycles. The van der Waals surface area contributed by atoms with Crippen LogP contribution in [0.1, 0.15) is 16.1 Å². The van der Waals surface area contributed by atoms with Crippen molar-refractivity contribution in [3.05, 3.63) is 33.8 Å². The number of nitrogens with zero attached hydrogens (tertiary/aromatic N) is 4. The first-order valence-corrected chi connectivity index (χ1v) is 3.41. The Balaban J connectivity index is 3.19. The van der Waals surface area contributed by atoms with Gasteiger partial charge >= 0.3 is 5.97 Å². The number of carbonyl (C=O) groups is 1. The molecule has 0 amide bonds. The summed E-state index contributed by atoms with van der Waals surface area (Å²) >= 11 is 0. The summed E-state index contributed by atoms with van der Waals surface area (Å²) in [7, 11) is 0. The highest BCUT2D eigenvalue weighted by atomic mass is 16.4. The van der Waals surface area contributed by atoms with Gasteiger partial charge in [0.25, 0.3) is 0 Å². The van der Waals surface area contributed by atoms with Crippen LogP contribution in [0.2, 0.25) is 0 Å². The molecule has 6 nitrogen and oxygen atoms in total. The van der Waals surface area contributed by atoms with E-state index in [2.05, 4.69) is 15.0 Å². The molecule has 0 aliphatic heterocycles. The van der Waals surface area contributed by atoms with E-state index < -0.39 is 5.97 Å². The lowest BCUT2D eigenvalue weighted by Gasteiger charge is -1.99. The molecule has 0 aliphatic rings. The van der Waals surface area contributed by atoms with Gasteiger partial charge in [0.15, 0.2) is 0 Å². The molecular formula is C7H6N4O2. The van der Waals surface area contributed by atoms with E-state index in [1.165, 1.54) is 12.1 Å². The van der Waals surface area contributed by atoms with Crippen molar-refractivity contribution in [3.8, 4) is 0 Å². The van der Waals surface area contributed by atoms with Gasteiger partial charge in [-0.15, -0.1) is 0 Å². The topological polar surface area (TPSA) is 99.0 Å².